The average molecular weight is 345 g/mol. The Balaban J connectivity index is 1.40. The van der Waals surface area contributed by atoms with Gasteiger partial charge >= 0.3 is 11.8 Å². The van der Waals surface area contributed by atoms with Crippen LogP contribution < -0.4 is 5.32 Å². The number of nitrogens with one attached hydrogen (secondary N) is 1. The summed E-state index contributed by atoms with van der Waals surface area (Å²) in [7, 11) is 0. The van der Waals surface area contributed by atoms with Gasteiger partial charge in [-0.05, 0) is 55.8 Å². The minimum Gasteiger partial charge on any atom is -0.334 e. The zero-order chi connectivity index (χ0) is 17.6. The fraction of sp³-hybridized carbons (Fsp3) is 0.579. The van der Waals surface area contributed by atoms with Gasteiger partial charge < -0.3 is 10.2 Å². The van der Waals surface area contributed by atoms with Gasteiger partial charge in [-0.2, -0.15) is 0 Å². The van der Waals surface area contributed by atoms with Crippen LogP contribution in [0.15, 0.2) is 18.2 Å². The third-order valence-corrected chi connectivity index (χ3v) is 6.05. The monoisotopic (exact) mass is 345 g/mol. The molecule has 1 aromatic rings. The molecule has 6 heteroatoms. The molecule has 1 N–H and O–H groups in total. The molecule has 0 aliphatic carbocycles. The first kappa shape index (κ1) is 16.5. The summed E-state index contributed by atoms with van der Waals surface area (Å²) in [5.41, 5.74) is 1.09. The quantitative estimate of drug-likeness (QED) is 0.792. The zero-order valence-corrected chi connectivity index (χ0v) is 14.5. The molecule has 5 nitrogen and oxygen atoms in total. The van der Waals surface area contributed by atoms with Crippen LogP contribution in [-0.2, 0) is 9.59 Å². The lowest BCUT2D eigenvalue weighted by molar-refractivity contribution is -0.142. The second-order valence-corrected chi connectivity index (χ2v) is 7.61. The molecule has 0 bridgehead atoms. The van der Waals surface area contributed by atoms with E-state index in [1.54, 1.807) is 17.9 Å². The number of amides is 2. The molecule has 2 amide bonds. The highest BCUT2D eigenvalue weighted by molar-refractivity contribution is 6.39. The maximum atomic E-state index is 13.4. The Morgan fingerprint density at radius 2 is 2.04 bits per heavy atom. The van der Waals surface area contributed by atoms with Gasteiger partial charge in [0.05, 0.1) is 0 Å². The van der Waals surface area contributed by atoms with E-state index in [4.69, 9.17) is 0 Å². The molecule has 3 unspecified atom stereocenters. The smallest absolute Gasteiger partial charge is 0.313 e. The number of likely N-dealkylation sites (tertiary alicyclic amines) is 1. The Bertz CT molecular complexity index is 708. The Hall–Kier alpha value is -1.95. The van der Waals surface area contributed by atoms with Crippen LogP contribution in [-0.4, -0.2) is 53.8 Å². The average Bonchev–Trinajstić information content (AvgIpc) is 3.15. The van der Waals surface area contributed by atoms with Crippen LogP contribution in [0, 0.1) is 24.6 Å². The van der Waals surface area contributed by atoms with Crippen LogP contribution in [0.5, 0.6) is 0 Å². The van der Waals surface area contributed by atoms with Crippen LogP contribution in [0.3, 0.4) is 0 Å². The highest BCUT2D eigenvalue weighted by Gasteiger charge is 2.48. The minimum atomic E-state index is -0.672. The number of hydrogen-bond acceptors (Lipinski definition) is 3. The first-order valence-electron chi connectivity index (χ1n) is 9.13. The second-order valence-electron chi connectivity index (χ2n) is 7.61. The van der Waals surface area contributed by atoms with Crippen molar-refractivity contribution in [2.45, 2.75) is 32.2 Å². The molecule has 3 atom stereocenters. The van der Waals surface area contributed by atoms with Gasteiger partial charge in [0.1, 0.15) is 5.82 Å². The van der Waals surface area contributed by atoms with E-state index in [1.165, 1.54) is 37.9 Å². The minimum absolute atomic E-state index is 0.358. The van der Waals surface area contributed by atoms with Gasteiger partial charge in [0.25, 0.3) is 0 Å². The number of hydrogen-bond donors (Lipinski definition) is 1. The molecule has 134 valence electrons. The van der Waals surface area contributed by atoms with Gasteiger partial charge in [-0.3, -0.25) is 14.5 Å². The second kappa shape index (κ2) is 6.41. The lowest BCUT2D eigenvalue weighted by atomic mass is 9.90. The lowest BCUT2D eigenvalue weighted by Gasteiger charge is -2.33. The number of aryl methyl sites for hydroxylation is 1. The first-order chi connectivity index (χ1) is 12.0. The van der Waals surface area contributed by atoms with E-state index >= 15 is 0 Å². The molecule has 0 aromatic heterocycles. The van der Waals surface area contributed by atoms with Gasteiger partial charge in [0.15, 0.2) is 0 Å². The zero-order valence-electron chi connectivity index (χ0n) is 14.5. The van der Waals surface area contributed by atoms with Crippen LogP contribution in [0.4, 0.5) is 10.1 Å². The van der Waals surface area contributed by atoms with E-state index in [-0.39, 0.29) is 0 Å². The van der Waals surface area contributed by atoms with Crippen LogP contribution in [0.25, 0.3) is 0 Å². The number of benzene rings is 1. The largest absolute Gasteiger partial charge is 0.334 e. The number of fused-ring (bicyclic) bond motifs is 3. The van der Waals surface area contributed by atoms with E-state index < -0.39 is 17.6 Å². The van der Waals surface area contributed by atoms with Gasteiger partial charge in [-0.1, -0.05) is 12.5 Å². The highest BCUT2D eigenvalue weighted by Crippen LogP contribution is 2.40. The number of anilines is 1. The van der Waals surface area contributed by atoms with E-state index in [2.05, 4.69) is 10.2 Å². The fourth-order valence-corrected chi connectivity index (χ4v) is 4.77. The first-order valence-corrected chi connectivity index (χ1v) is 9.13. The molecule has 1 aromatic carbocycles. The molecule has 3 aliphatic heterocycles. The molecule has 0 radical (unpaired) electrons. The molecule has 0 saturated carbocycles. The topological polar surface area (TPSA) is 52.7 Å². The highest BCUT2D eigenvalue weighted by atomic mass is 19.1. The van der Waals surface area contributed by atoms with Crippen molar-refractivity contribution in [2.75, 3.05) is 31.5 Å². The van der Waals surface area contributed by atoms with Crippen LogP contribution in [0.1, 0.15) is 24.8 Å². The Morgan fingerprint density at radius 3 is 2.88 bits per heavy atom. The SMILES string of the molecule is Cc1ccc(F)cc1NC(=O)C(=O)N1CC2CN3CCCCC3C2C1. The molecular weight excluding hydrogens is 321 g/mol. The van der Waals surface area contributed by atoms with Crippen LogP contribution >= 0.6 is 0 Å². The van der Waals surface area contributed by atoms with Gasteiger partial charge in [-0.25, -0.2) is 4.39 Å². The summed E-state index contributed by atoms with van der Waals surface area (Å²) in [6, 6.07) is 4.75. The number of nitrogens with zero attached hydrogens (tertiary/aromatic N) is 2. The molecule has 3 saturated heterocycles. The number of carbonyl (C=O) groups is 2. The van der Waals surface area contributed by atoms with Crippen LogP contribution in [0.2, 0.25) is 0 Å². The Kier molecular flexibility index (Phi) is 4.23. The normalized spacial score (nSPS) is 28.6. The van der Waals surface area contributed by atoms with Crippen molar-refractivity contribution < 1.29 is 14.0 Å². The summed E-state index contributed by atoms with van der Waals surface area (Å²) in [5, 5.41) is 2.57. The van der Waals surface area contributed by atoms with E-state index in [0.717, 1.165) is 12.1 Å². The molecular formula is C19H24FN3O2. The van der Waals surface area contributed by atoms with Gasteiger partial charge in [-0.15, -0.1) is 0 Å². The van der Waals surface area contributed by atoms with E-state index in [1.807, 2.05) is 0 Å². The molecule has 3 heterocycles. The standard InChI is InChI=1S/C19H24FN3O2/c1-12-5-6-14(20)8-16(12)21-18(24)19(25)23-10-13-9-22-7-3-2-4-17(22)15(13)11-23/h5-6,8,13,15,17H,2-4,7,9-11H2,1H3,(H,21,24). The Labute approximate surface area is 147 Å². The van der Waals surface area contributed by atoms with E-state index in [0.29, 0.717) is 36.7 Å². The summed E-state index contributed by atoms with van der Waals surface area (Å²) in [6.45, 7) is 5.32. The third-order valence-electron chi connectivity index (χ3n) is 6.05. The molecule has 25 heavy (non-hydrogen) atoms. The fourth-order valence-electron chi connectivity index (χ4n) is 4.77. The number of piperidine rings is 1. The maximum Gasteiger partial charge on any atom is 0.313 e. The summed E-state index contributed by atoms with van der Waals surface area (Å²) in [4.78, 5) is 29.1. The molecule has 3 aliphatic rings. The van der Waals surface area contributed by atoms with Crippen molar-refractivity contribution in [1.82, 2.24) is 9.80 Å². The van der Waals surface area contributed by atoms with Crippen molar-refractivity contribution in [2.24, 2.45) is 11.8 Å². The van der Waals surface area contributed by atoms with Gasteiger partial charge in [0, 0.05) is 31.4 Å². The predicted octanol–water partition coefficient (Wildman–Crippen LogP) is 2.02. The molecule has 4 rings (SSSR count). The summed E-state index contributed by atoms with van der Waals surface area (Å²) >= 11 is 0. The lowest BCUT2D eigenvalue weighted by Crippen LogP contribution is -2.43. The van der Waals surface area contributed by atoms with Crippen molar-refractivity contribution in [3.8, 4) is 0 Å². The van der Waals surface area contributed by atoms with Crippen molar-refractivity contribution in [3.63, 3.8) is 0 Å². The number of halogens is 1. The summed E-state index contributed by atoms with van der Waals surface area (Å²) in [5.74, 6) is -0.625. The number of carbonyl (C=O) groups excluding carboxylic acids is 2. The third kappa shape index (κ3) is 3.03. The van der Waals surface area contributed by atoms with Crippen molar-refractivity contribution in [3.05, 3.63) is 29.6 Å². The number of rotatable bonds is 1. The summed E-state index contributed by atoms with van der Waals surface area (Å²) < 4.78 is 13.4. The van der Waals surface area contributed by atoms with E-state index in [9.17, 15) is 14.0 Å². The molecule has 3 fully saturated rings. The van der Waals surface area contributed by atoms with Gasteiger partial charge in [0.2, 0.25) is 0 Å². The Morgan fingerprint density at radius 1 is 1.20 bits per heavy atom. The molecule has 0 spiro atoms. The van der Waals surface area contributed by atoms with Crippen molar-refractivity contribution in [1.29, 1.82) is 0 Å². The maximum absolute atomic E-state index is 13.4. The predicted molar refractivity (Wildman–Crippen MR) is 92.5 cm³/mol. The van der Waals surface area contributed by atoms with Crippen molar-refractivity contribution >= 4 is 17.5 Å². The summed E-state index contributed by atoms with van der Waals surface area (Å²) in [6.07, 6.45) is 3.74.